The molecule has 0 saturated heterocycles. The summed E-state index contributed by atoms with van der Waals surface area (Å²) in [7, 11) is 1.70. The number of benzene rings is 1. The van der Waals surface area contributed by atoms with Gasteiger partial charge in [0.1, 0.15) is 0 Å². The molecule has 2 rings (SSSR count). The average Bonchev–Trinajstić information content (AvgIpc) is 3.08. The highest BCUT2D eigenvalue weighted by molar-refractivity contribution is 5.50. The summed E-state index contributed by atoms with van der Waals surface area (Å²) in [4.78, 5) is 0. The van der Waals surface area contributed by atoms with Gasteiger partial charge in [-0.3, -0.25) is 0 Å². The largest absolute Gasteiger partial charge is 0.493 e. The summed E-state index contributed by atoms with van der Waals surface area (Å²) in [6, 6.07) is 6.09. The molecule has 1 aromatic rings. The van der Waals surface area contributed by atoms with Crippen molar-refractivity contribution in [2.45, 2.75) is 19.3 Å². The van der Waals surface area contributed by atoms with E-state index in [2.05, 4.69) is 6.07 Å². The van der Waals surface area contributed by atoms with Crippen molar-refractivity contribution in [1.29, 1.82) is 0 Å². The van der Waals surface area contributed by atoms with Crippen molar-refractivity contribution in [2.24, 2.45) is 11.7 Å². The first-order valence-corrected chi connectivity index (χ1v) is 5.81. The fourth-order valence-electron chi connectivity index (χ4n) is 2.20. The molecule has 2 unspecified atom stereocenters. The number of hydrogen-bond acceptors (Lipinski definition) is 3. The van der Waals surface area contributed by atoms with E-state index in [1.165, 1.54) is 12.0 Å². The number of ether oxygens (including phenoxy) is 2. The number of methoxy groups -OCH3 is 1. The number of nitrogens with two attached hydrogens (primary N) is 1. The van der Waals surface area contributed by atoms with Crippen LogP contribution in [0, 0.1) is 5.92 Å². The van der Waals surface area contributed by atoms with Crippen LogP contribution >= 0.6 is 0 Å². The van der Waals surface area contributed by atoms with Gasteiger partial charge in [0, 0.05) is 5.56 Å². The van der Waals surface area contributed by atoms with Crippen LogP contribution in [0.4, 0.5) is 0 Å². The zero-order valence-corrected chi connectivity index (χ0v) is 9.90. The van der Waals surface area contributed by atoms with Crippen LogP contribution in [-0.2, 0) is 0 Å². The molecule has 0 heterocycles. The van der Waals surface area contributed by atoms with Gasteiger partial charge in [0.25, 0.3) is 0 Å². The first-order chi connectivity index (χ1) is 7.81. The van der Waals surface area contributed by atoms with E-state index in [9.17, 15) is 0 Å². The Bertz CT molecular complexity index is 365. The smallest absolute Gasteiger partial charge is 0.164 e. The van der Waals surface area contributed by atoms with E-state index in [4.69, 9.17) is 15.2 Å². The lowest BCUT2D eigenvalue weighted by Gasteiger charge is -2.13. The van der Waals surface area contributed by atoms with Crippen LogP contribution in [0.3, 0.4) is 0 Å². The van der Waals surface area contributed by atoms with Gasteiger partial charge in [-0.2, -0.15) is 0 Å². The second-order valence-corrected chi connectivity index (χ2v) is 4.15. The maximum atomic E-state index is 5.68. The number of rotatable bonds is 5. The van der Waals surface area contributed by atoms with Crippen LogP contribution < -0.4 is 15.2 Å². The van der Waals surface area contributed by atoms with Gasteiger partial charge < -0.3 is 15.2 Å². The zero-order chi connectivity index (χ0) is 11.5. The lowest BCUT2D eigenvalue weighted by Crippen LogP contribution is -2.03. The molecule has 0 aliphatic heterocycles. The Morgan fingerprint density at radius 3 is 2.81 bits per heavy atom. The highest BCUT2D eigenvalue weighted by Gasteiger charge is 2.39. The molecular weight excluding hydrogens is 202 g/mol. The van der Waals surface area contributed by atoms with Crippen molar-refractivity contribution in [3.63, 3.8) is 0 Å². The van der Waals surface area contributed by atoms with Gasteiger partial charge in [0.05, 0.1) is 13.7 Å². The molecule has 1 aromatic carbocycles. The molecule has 0 radical (unpaired) electrons. The first kappa shape index (κ1) is 11.3. The molecule has 16 heavy (non-hydrogen) atoms. The van der Waals surface area contributed by atoms with Gasteiger partial charge in [-0.05, 0) is 37.8 Å². The van der Waals surface area contributed by atoms with Gasteiger partial charge >= 0.3 is 0 Å². The molecule has 88 valence electrons. The van der Waals surface area contributed by atoms with Gasteiger partial charge in [-0.15, -0.1) is 0 Å². The lowest BCUT2D eigenvalue weighted by molar-refractivity contribution is 0.309. The monoisotopic (exact) mass is 221 g/mol. The van der Waals surface area contributed by atoms with Crippen molar-refractivity contribution in [3.8, 4) is 11.5 Å². The van der Waals surface area contributed by atoms with E-state index in [0.717, 1.165) is 18.0 Å². The molecule has 1 fully saturated rings. The second-order valence-electron chi connectivity index (χ2n) is 4.15. The van der Waals surface area contributed by atoms with Crippen LogP contribution in [-0.4, -0.2) is 20.3 Å². The van der Waals surface area contributed by atoms with Crippen molar-refractivity contribution in [3.05, 3.63) is 23.8 Å². The molecule has 0 aromatic heterocycles. The van der Waals surface area contributed by atoms with Gasteiger partial charge in [0.2, 0.25) is 0 Å². The van der Waals surface area contributed by atoms with Crippen LogP contribution in [0.15, 0.2) is 18.2 Å². The third-order valence-electron chi connectivity index (χ3n) is 3.14. The van der Waals surface area contributed by atoms with E-state index in [1.54, 1.807) is 7.11 Å². The third kappa shape index (κ3) is 2.00. The molecule has 1 aliphatic rings. The Hall–Kier alpha value is -1.22. The minimum absolute atomic E-state index is 0.556. The third-order valence-corrected chi connectivity index (χ3v) is 3.14. The van der Waals surface area contributed by atoms with Crippen LogP contribution in [0.25, 0.3) is 0 Å². The standard InChI is InChI=1S/C13H19NO2/c1-3-16-12-6-4-5-10(13(12)15-2)11-7-9(11)8-14/h4-6,9,11H,3,7-8,14H2,1-2H3. The Morgan fingerprint density at radius 2 is 2.25 bits per heavy atom. The molecule has 3 nitrogen and oxygen atoms in total. The summed E-state index contributed by atoms with van der Waals surface area (Å²) in [5.74, 6) is 2.89. The molecule has 3 heteroatoms. The molecule has 0 spiro atoms. The van der Waals surface area contributed by atoms with E-state index >= 15 is 0 Å². The highest BCUT2D eigenvalue weighted by atomic mass is 16.5. The summed E-state index contributed by atoms with van der Waals surface area (Å²) in [5, 5.41) is 0. The fraction of sp³-hybridized carbons (Fsp3) is 0.538. The average molecular weight is 221 g/mol. The van der Waals surface area contributed by atoms with Crippen LogP contribution in [0.5, 0.6) is 11.5 Å². The quantitative estimate of drug-likeness (QED) is 0.828. The maximum absolute atomic E-state index is 5.68. The molecule has 1 saturated carbocycles. The van der Waals surface area contributed by atoms with E-state index in [0.29, 0.717) is 18.4 Å². The molecule has 2 N–H and O–H groups in total. The summed E-state index contributed by atoms with van der Waals surface area (Å²) in [6.45, 7) is 3.39. The molecule has 2 atom stereocenters. The molecular formula is C13H19NO2. The van der Waals surface area contributed by atoms with Crippen molar-refractivity contribution in [1.82, 2.24) is 0 Å². The SMILES string of the molecule is CCOc1cccc(C2CC2CN)c1OC. The van der Waals surface area contributed by atoms with E-state index in [-0.39, 0.29) is 0 Å². The normalized spacial score (nSPS) is 22.9. The first-order valence-electron chi connectivity index (χ1n) is 5.81. The summed E-state index contributed by atoms with van der Waals surface area (Å²) < 4.78 is 11.0. The topological polar surface area (TPSA) is 44.5 Å². The number of hydrogen-bond donors (Lipinski definition) is 1. The van der Waals surface area contributed by atoms with Crippen molar-refractivity contribution < 1.29 is 9.47 Å². The molecule has 0 bridgehead atoms. The predicted octanol–water partition coefficient (Wildman–Crippen LogP) is 2.16. The van der Waals surface area contributed by atoms with Gasteiger partial charge in [-0.1, -0.05) is 12.1 Å². The highest BCUT2D eigenvalue weighted by Crippen LogP contribution is 2.51. The van der Waals surface area contributed by atoms with E-state index < -0.39 is 0 Å². The minimum Gasteiger partial charge on any atom is -0.493 e. The second kappa shape index (κ2) is 4.74. The number of para-hydroxylation sites is 1. The van der Waals surface area contributed by atoms with Crippen molar-refractivity contribution >= 4 is 0 Å². The summed E-state index contributed by atoms with van der Waals surface area (Å²) in [6.07, 6.45) is 1.17. The zero-order valence-electron chi connectivity index (χ0n) is 9.90. The summed E-state index contributed by atoms with van der Waals surface area (Å²) >= 11 is 0. The van der Waals surface area contributed by atoms with Crippen LogP contribution in [0.2, 0.25) is 0 Å². The van der Waals surface area contributed by atoms with Gasteiger partial charge in [-0.25, -0.2) is 0 Å². The van der Waals surface area contributed by atoms with Gasteiger partial charge in [0.15, 0.2) is 11.5 Å². The Labute approximate surface area is 96.5 Å². The Kier molecular flexibility index (Phi) is 3.34. The molecule has 1 aliphatic carbocycles. The molecule has 0 amide bonds. The summed E-state index contributed by atoms with van der Waals surface area (Å²) in [5.41, 5.74) is 6.92. The Balaban J connectivity index is 2.27. The maximum Gasteiger partial charge on any atom is 0.164 e. The van der Waals surface area contributed by atoms with Crippen molar-refractivity contribution in [2.75, 3.05) is 20.3 Å². The lowest BCUT2D eigenvalue weighted by atomic mass is 10.1. The fourth-order valence-corrected chi connectivity index (χ4v) is 2.20. The van der Waals surface area contributed by atoms with Crippen LogP contribution in [0.1, 0.15) is 24.8 Å². The minimum atomic E-state index is 0.556. The predicted molar refractivity (Wildman–Crippen MR) is 64.1 cm³/mol. The van der Waals surface area contributed by atoms with E-state index in [1.807, 2.05) is 19.1 Å². The Morgan fingerprint density at radius 1 is 1.44 bits per heavy atom.